The minimum atomic E-state index is -3.63. The quantitative estimate of drug-likeness (QED) is 0.673. The van der Waals surface area contributed by atoms with Gasteiger partial charge in [0.05, 0.1) is 16.8 Å². The average Bonchev–Trinajstić information content (AvgIpc) is 2.64. The van der Waals surface area contributed by atoms with Gasteiger partial charge in [0, 0.05) is 5.69 Å². The Morgan fingerprint density at radius 3 is 2.23 bits per heavy atom. The number of benzene rings is 2. The van der Waals surface area contributed by atoms with Crippen LogP contribution in [0.3, 0.4) is 0 Å². The van der Waals surface area contributed by atoms with E-state index in [2.05, 4.69) is 34.1 Å². The third kappa shape index (κ3) is 4.21. The number of hydrogen-bond acceptors (Lipinski definition) is 4. The maximum atomic E-state index is 12.5. The van der Waals surface area contributed by atoms with Gasteiger partial charge in [0.15, 0.2) is 0 Å². The maximum absolute atomic E-state index is 12.5. The SMILES string of the molecule is CCc1ccc(Nc2ccc(NS(=O)(=O)c3ccccc3C)cn2)cc1. The number of aryl methyl sites for hydroxylation is 2. The Morgan fingerprint density at radius 1 is 0.923 bits per heavy atom. The highest BCUT2D eigenvalue weighted by atomic mass is 32.2. The van der Waals surface area contributed by atoms with Gasteiger partial charge in [-0.05, 0) is 54.8 Å². The number of sulfonamides is 1. The zero-order valence-electron chi connectivity index (χ0n) is 14.7. The van der Waals surface area contributed by atoms with E-state index in [1.54, 1.807) is 37.3 Å². The highest BCUT2D eigenvalue weighted by Gasteiger charge is 2.16. The third-order valence-corrected chi connectivity index (χ3v) is 5.57. The van der Waals surface area contributed by atoms with Crippen molar-refractivity contribution in [1.82, 2.24) is 4.98 Å². The largest absolute Gasteiger partial charge is 0.340 e. The third-order valence-electron chi connectivity index (χ3n) is 4.03. The molecule has 0 saturated carbocycles. The summed E-state index contributed by atoms with van der Waals surface area (Å²) < 4.78 is 27.6. The lowest BCUT2D eigenvalue weighted by Crippen LogP contribution is -2.14. The van der Waals surface area contributed by atoms with Gasteiger partial charge < -0.3 is 5.32 Å². The molecule has 2 N–H and O–H groups in total. The standard InChI is InChI=1S/C20H21N3O2S/c1-3-16-8-10-17(11-9-16)22-20-13-12-18(14-21-20)23-26(24,25)19-7-5-4-6-15(19)2/h4-14,23H,3H2,1-2H3,(H,21,22). The van der Waals surface area contributed by atoms with E-state index in [9.17, 15) is 8.42 Å². The van der Waals surface area contributed by atoms with Crippen molar-refractivity contribution in [2.24, 2.45) is 0 Å². The number of pyridine rings is 1. The molecule has 6 heteroatoms. The van der Waals surface area contributed by atoms with Gasteiger partial charge in [-0.25, -0.2) is 13.4 Å². The van der Waals surface area contributed by atoms with Crippen LogP contribution in [0.2, 0.25) is 0 Å². The van der Waals surface area contributed by atoms with Crippen LogP contribution in [-0.4, -0.2) is 13.4 Å². The molecule has 0 aliphatic heterocycles. The minimum Gasteiger partial charge on any atom is -0.340 e. The predicted molar refractivity (Wildman–Crippen MR) is 105 cm³/mol. The van der Waals surface area contributed by atoms with Gasteiger partial charge in [0.2, 0.25) is 0 Å². The van der Waals surface area contributed by atoms with E-state index in [4.69, 9.17) is 0 Å². The summed E-state index contributed by atoms with van der Waals surface area (Å²) in [7, 11) is -3.63. The molecule has 3 aromatic rings. The Balaban J connectivity index is 1.72. The highest BCUT2D eigenvalue weighted by Crippen LogP contribution is 2.21. The molecule has 0 saturated heterocycles. The van der Waals surface area contributed by atoms with Gasteiger partial charge in [-0.3, -0.25) is 4.72 Å². The van der Waals surface area contributed by atoms with E-state index in [1.165, 1.54) is 11.8 Å². The van der Waals surface area contributed by atoms with Gasteiger partial charge >= 0.3 is 0 Å². The Labute approximate surface area is 154 Å². The Bertz CT molecular complexity index is 982. The van der Waals surface area contributed by atoms with E-state index in [0.29, 0.717) is 17.1 Å². The first kappa shape index (κ1) is 17.9. The molecule has 0 fully saturated rings. The van der Waals surface area contributed by atoms with Gasteiger partial charge in [-0.2, -0.15) is 0 Å². The molecule has 3 rings (SSSR count). The molecular weight excluding hydrogens is 346 g/mol. The lowest BCUT2D eigenvalue weighted by molar-refractivity contribution is 0.600. The molecule has 0 radical (unpaired) electrons. The van der Waals surface area contributed by atoms with Crippen molar-refractivity contribution in [3.8, 4) is 0 Å². The fourth-order valence-electron chi connectivity index (χ4n) is 2.57. The molecule has 0 aliphatic carbocycles. The second kappa shape index (κ2) is 7.58. The summed E-state index contributed by atoms with van der Waals surface area (Å²) in [6.07, 6.45) is 2.49. The first-order chi connectivity index (χ1) is 12.5. The topological polar surface area (TPSA) is 71.1 Å². The summed E-state index contributed by atoms with van der Waals surface area (Å²) in [5, 5.41) is 3.20. The summed E-state index contributed by atoms with van der Waals surface area (Å²) in [5.41, 5.74) is 3.31. The maximum Gasteiger partial charge on any atom is 0.262 e. The summed E-state index contributed by atoms with van der Waals surface area (Å²) >= 11 is 0. The van der Waals surface area contributed by atoms with E-state index in [-0.39, 0.29) is 4.90 Å². The summed E-state index contributed by atoms with van der Waals surface area (Å²) in [5.74, 6) is 0.646. The molecule has 5 nitrogen and oxygen atoms in total. The second-order valence-electron chi connectivity index (χ2n) is 5.98. The Hall–Kier alpha value is -2.86. The number of hydrogen-bond donors (Lipinski definition) is 2. The van der Waals surface area contributed by atoms with E-state index in [0.717, 1.165) is 12.1 Å². The average molecular weight is 367 g/mol. The number of rotatable bonds is 6. The number of aromatic nitrogens is 1. The lowest BCUT2D eigenvalue weighted by atomic mass is 10.1. The fraction of sp³-hybridized carbons (Fsp3) is 0.150. The number of nitrogens with zero attached hydrogens (tertiary/aromatic N) is 1. The Morgan fingerprint density at radius 2 is 1.62 bits per heavy atom. The molecule has 1 heterocycles. The van der Waals surface area contributed by atoms with Crippen LogP contribution in [0, 0.1) is 6.92 Å². The van der Waals surface area contributed by atoms with Gasteiger partial charge in [0.25, 0.3) is 10.0 Å². The van der Waals surface area contributed by atoms with Crippen molar-refractivity contribution in [2.45, 2.75) is 25.2 Å². The van der Waals surface area contributed by atoms with Crippen molar-refractivity contribution in [3.63, 3.8) is 0 Å². The lowest BCUT2D eigenvalue weighted by Gasteiger charge is -2.11. The van der Waals surface area contributed by atoms with Crippen LogP contribution in [0.15, 0.2) is 71.8 Å². The molecule has 2 aromatic carbocycles. The van der Waals surface area contributed by atoms with E-state index < -0.39 is 10.0 Å². The fourth-order valence-corrected chi connectivity index (χ4v) is 3.86. The molecule has 0 amide bonds. The smallest absolute Gasteiger partial charge is 0.262 e. The molecule has 134 valence electrons. The molecular formula is C20H21N3O2S. The van der Waals surface area contributed by atoms with Gasteiger partial charge in [0.1, 0.15) is 5.82 Å². The summed E-state index contributed by atoms with van der Waals surface area (Å²) in [6.45, 7) is 3.88. The van der Waals surface area contributed by atoms with Crippen LogP contribution in [0.5, 0.6) is 0 Å². The molecule has 0 spiro atoms. The monoisotopic (exact) mass is 367 g/mol. The second-order valence-corrected chi connectivity index (χ2v) is 7.63. The van der Waals surface area contributed by atoms with Crippen LogP contribution in [-0.2, 0) is 16.4 Å². The zero-order valence-corrected chi connectivity index (χ0v) is 15.5. The molecule has 0 atom stereocenters. The zero-order chi connectivity index (χ0) is 18.6. The van der Waals surface area contributed by atoms with Crippen LogP contribution in [0.4, 0.5) is 17.2 Å². The molecule has 1 aromatic heterocycles. The summed E-state index contributed by atoms with van der Waals surface area (Å²) in [4.78, 5) is 4.54. The molecule has 0 bridgehead atoms. The number of nitrogens with one attached hydrogen (secondary N) is 2. The normalized spacial score (nSPS) is 11.2. The van der Waals surface area contributed by atoms with Crippen LogP contribution >= 0.6 is 0 Å². The van der Waals surface area contributed by atoms with E-state index in [1.807, 2.05) is 18.2 Å². The van der Waals surface area contributed by atoms with Crippen LogP contribution < -0.4 is 10.0 Å². The summed E-state index contributed by atoms with van der Waals surface area (Å²) in [6, 6.07) is 18.4. The predicted octanol–water partition coefficient (Wildman–Crippen LogP) is 4.50. The van der Waals surface area contributed by atoms with Gasteiger partial charge in [-0.1, -0.05) is 37.3 Å². The van der Waals surface area contributed by atoms with E-state index >= 15 is 0 Å². The van der Waals surface area contributed by atoms with Crippen molar-refractivity contribution < 1.29 is 8.42 Å². The van der Waals surface area contributed by atoms with Crippen molar-refractivity contribution >= 4 is 27.2 Å². The van der Waals surface area contributed by atoms with Gasteiger partial charge in [-0.15, -0.1) is 0 Å². The molecule has 26 heavy (non-hydrogen) atoms. The molecule has 0 aliphatic rings. The first-order valence-electron chi connectivity index (χ1n) is 8.38. The first-order valence-corrected chi connectivity index (χ1v) is 9.87. The molecule has 0 unspecified atom stereocenters. The minimum absolute atomic E-state index is 0.262. The number of anilines is 3. The highest BCUT2D eigenvalue weighted by molar-refractivity contribution is 7.92. The van der Waals surface area contributed by atoms with Crippen molar-refractivity contribution in [3.05, 3.63) is 78.0 Å². The Kier molecular flexibility index (Phi) is 5.23. The van der Waals surface area contributed by atoms with Crippen LogP contribution in [0.25, 0.3) is 0 Å². The van der Waals surface area contributed by atoms with Crippen molar-refractivity contribution in [2.75, 3.05) is 10.0 Å². The van der Waals surface area contributed by atoms with Crippen molar-refractivity contribution in [1.29, 1.82) is 0 Å². The van der Waals surface area contributed by atoms with Crippen LogP contribution in [0.1, 0.15) is 18.1 Å².